The van der Waals surface area contributed by atoms with Gasteiger partial charge in [0, 0.05) is 0 Å². The van der Waals surface area contributed by atoms with Crippen LogP contribution in [0.2, 0.25) is 0 Å². The number of nitrogens with two attached hydrogens (primary N) is 1. The van der Waals surface area contributed by atoms with E-state index in [9.17, 15) is 0 Å². The molecule has 0 radical (unpaired) electrons. The maximum absolute atomic E-state index is 5.77. The van der Waals surface area contributed by atoms with E-state index in [0.717, 1.165) is 12.5 Å². The van der Waals surface area contributed by atoms with Crippen molar-refractivity contribution in [3.05, 3.63) is 12.2 Å². The van der Waals surface area contributed by atoms with Gasteiger partial charge in [-0.25, -0.2) is 0 Å². The van der Waals surface area contributed by atoms with Crippen LogP contribution in [0.15, 0.2) is 12.2 Å². The number of allylic oxidation sites excluding steroid dienone is 2. The zero-order chi connectivity index (χ0) is 7.03. The predicted molar refractivity (Wildman–Crippen MR) is 49.8 cm³/mol. The first-order chi connectivity index (χ1) is 4.87. The third-order valence-electron chi connectivity index (χ3n) is 3.07. The summed E-state index contributed by atoms with van der Waals surface area (Å²) in [6.07, 6.45) is 9.94. The minimum absolute atomic E-state index is 0. The van der Waals surface area contributed by atoms with Gasteiger partial charge in [0.05, 0.1) is 0 Å². The third kappa shape index (κ3) is 1.45. The molecule has 64 valence electrons. The van der Waals surface area contributed by atoms with Crippen LogP contribution in [0.4, 0.5) is 0 Å². The highest BCUT2D eigenvalue weighted by Crippen LogP contribution is 2.51. The largest absolute Gasteiger partial charge is 0.330 e. The Hall–Kier alpha value is -0.0100. The van der Waals surface area contributed by atoms with E-state index in [1.807, 2.05) is 0 Å². The molecule has 1 saturated carbocycles. The summed E-state index contributed by atoms with van der Waals surface area (Å²) in [4.78, 5) is 0. The topological polar surface area (TPSA) is 26.0 Å². The summed E-state index contributed by atoms with van der Waals surface area (Å²) >= 11 is 0. The highest BCUT2D eigenvalue weighted by molar-refractivity contribution is 5.85. The Balaban J connectivity index is 0.000000605. The van der Waals surface area contributed by atoms with Crippen LogP contribution >= 0.6 is 12.4 Å². The van der Waals surface area contributed by atoms with Crippen molar-refractivity contribution in [3.63, 3.8) is 0 Å². The fourth-order valence-corrected chi connectivity index (χ4v) is 2.08. The van der Waals surface area contributed by atoms with Gasteiger partial charge < -0.3 is 5.73 Å². The smallest absolute Gasteiger partial charge is 0.00119 e. The van der Waals surface area contributed by atoms with Gasteiger partial charge in [-0.3, -0.25) is 0 Å². The third-order valence-corrected chi connectivity index (χ3v) is 3.07. The Morgan fingerprint density at radius 2 is 1.82 bits per heavy atom. The van der Waals surface area contributed by atoms with E-state index in [4.69, 9.17) is 5.73 Å². The zero-order valence-electron chi connectivity index (χ0n) is 6.75. The Morgan fingerprint density at radius 3 is 2.18 bits per heavy atom. The van der Waals surface area contributed by atoms with Gasteiger partial charge in [0.1, 0.15) is 0 Å². The summed E-state index contributed by atoms with van der Waals surface area (Å²) in [5.74, 6) is 0.965. The number of hydrogen-bond acceptors (Lipinski definition) is 1. The van der Waals surface area contributed by atoms with Gasteiger partial charge in [0.2, 0.25) is 0 Å². The average Bonchev–Trinajstić information content (AvgIpc) is 2.71. The van der Waals surface area contributed by atoms with Gasteiger partial charge in [-0.1, -0.05) is 12.2 Å². The van der Waals surface area contributed by atoms with Crippen molar-refractivity contribution in [2.75, 3.05) is 6.54 Å². The maximum Gasteiger partial charge on any atom is -0.00119 e. The molecule has 0 spiro atoms. The monoisotopic (exact) mass is 173 g/mol. The van der Waals surface area contributed by atoms with Crippen molar-refractivity contribution in [1.29, 1.82) is 0 Å². The molecule has 1 nitrogen and oxygen atoms in total. The SMILES string of the molecule is Cl.NCC1(C2CC2)CC=CC1. The van der Waals surface area contributed by atoms with Crippen molar-refractivity contribution in [1.82, 2.24) is 0 Å². The van der Waals surface area contributed by atoms with E-state index >= 15 is 0 Å². The Labute approximate surface area is 74.5 Å². The lowest BCUT2D eigenvalue weighted by Crippen LogP contribution is -2.29. The standard InChI is InChI=1S/C9H15N.ClH/c10-7-9(8-3-4-8)5-1-2-6-9;/h1-2,8H,3-7,10H2;1H. The summed E-state index contributed by atoms with van der Waals surface area (Å²) < 4.78 is 0. The van der Waals surface area contributed by atoms with E-state index in [1.165, 1.54) is 25.7 Å². The fraction of sp³-hybridized carbons (Fsp3) is 0.778. The summed E-state index contributed by atoms with van der Waals surface area (Å²) in [6, 6.07) is 0. The minimum Gasteiger partial charge on any atom is -0.330 e. The molecule has 0 unspecified atom stereocenters. The average molecular weight is 174 g/mol. The van der Waals surface area contributed by atoms with Crippen LogP contribution in [-0.4, -0.2) is 6.54 Å². The summed E-state index contributed by atoms with van der Waals surface area (Å²) in [7, 11) is 0. The quantitative estimate of drug-likeness (QED) is 0.637. The highest BCUT2D eigenvalue weighted by Gasteiger charge is 2.43. The van der Waals surface area contributed by atoms with Crippen LogP contribution in [-0.2, 0) is 0 Å². The molecular weight excluding hydrogens is 158 g/mol. The first kappa shape index (κ1) is 9.08. The second-order valence-electron chi connectivity index (χ2n) is 3.72. The van der Waals surface area contributed by atoms with Crippen molar-refractivity contribution >= 4 is 12.4 Å². The van der Waals surface area contributed by atoms with E-state index in [0.29, 0.717) is 5.41 Å². The molecule has 2 heteroatoms. The molecule has 11 heavy (non-hydrogen) atoms. The van der Waals surface area contributed by atoms with E-state index in [2.05, 4.69) is 12.2 Å². The number of rotatable bonds is 2. The van der Waals surface area contributed by atoms with Crippen LogP contribution in [0.25, 0.3) is 0 Å². The minimum atomic E-state index is 0. The van der Waals surface area contributed by atoms with E-state index in [-0.39, 0.29) is 12.4 Å². The van der Waals surface area contributed by atoms with Crippen LogP contribution < -0.4 is 5.73 Å². The molecule has 0 aromatic rings. The highest BCUT2D eigenvalue weighted by atomic mass is 35.5. The molecule has 0 aromatic carbocycles. The fourth-order valence-electron chi connectivity index (χ4n) is 2.08. The van der Waals surface area contributed by atoms with Gasteiger partial charge in [-0.2, -0.15) is 0 Å². The Morgan fingerprint density at radius 1 is 1.27 bits per heavy atom. The molecule has 2 rings (SSSR count). The van der Waals surface area contributed by atoms with Gasteiger partial charge in [-0.05, 0) is 43.6 Å². The van der Waals surface area contributed by atoms with Gasteiger partial charge in [0.15, 0.2) is 0 Å². The Kier molecular flexibility index (Phi) is 2.61. The van der Waals surface area contributed by atoms with Gasteiger partial charge in [-0.15, -0.1) is 12.4 Å². The molecule has 0 bridgehead atoms. The first-order valence-electron chi connectivity index (χ1n) is 4.22. The van der Waals surface area contributed by atoms with Crippen molar-refractivity contribution < 1.29 is 0 Å². The second-order valence-corrected chi connectivity index (χ2v) is 3.72. The molecule has 0 amide bonds. The van der Waals surface area contributed by atoms with E-state index in [1.54, 1.807) is 0 Å². The second kappa shape index (κ2) is 3.16. The molecule has 0 saturated heterocycles. The van der Waals surface area contributed by atoms with Crippen molar-refractivity contribution in [2.45, 2.75) is 25.7 Å². The van der Waals surface area contributed by atoms with Crippen LogP contribution in [0.1, 0.15) is 25.7 Å². The van der Waals surface area contributed by atoms with Crippen LogP contribution in [0.5, 0.6) is 0 Å². The van der Waals surface area contributed by atoms with Crippen LogP contribution in [0.3, 0.4) is 0 Å². The maximum atomic E-state index is 5.77. The van der Waals surface area contributed by atoms with E-state index < -0.39 is 0 Å². The zero-order valence-corrected chi connectivity index (χ0v) is 7.57. The van der Waals surface area contributed by atoms with Crippen molar-refractivity contribution in [3.8, 4) is 0 Å². The first-order valence-corrected chi connectivity index (χ1v) is 4.22. The van der Waals surface area contributed by atoms with Crippen molar-refractivity contribution in [2.24, 2.45) is 17.1 Å². The summed E-state index contributed by atoms with van der Waals surface area (Å²) in [5.41, 5.74) is 6.28. The molecule has 2 aliphatic rings. The predicted octanol–water partition coefficient (Wildman–Crippen LogP) is 2.11. The summed E-state index contributed by atoms with van der Waals surface area (Å²) in [5, 5.41) is 0. The van der Waals surface area contributed by atoms with Gasteiger partial charge in [0.25, 0.3) is 0 Å². The molecule has 0 aliphatic heterocycles. The lowest BCUT2D eigenvalue weighted by molar-refractivity contribution is 0.271. The molecule has 2 N–H and O–H groups in total. The molecule has 1 fully saturated rings. The lowest BCUT2D eigenvalue weighted by Gasteiger charge is -2.26. The Bertz CT molecular complexity index is 153. The summed E-state index contributed by atoms with van der Waals surface area (Å²) in [6.45, 7) is 0.894. The normalized spacial score (nSPS) is 26.6. The number of hydrogen-bond donors (Lipinski definition) is 1. The lowest BCUT2D eigenvalue weighted by atomic mass is 9.80. The molecule has 0 aromatic heterocycles. The molecule has 0 atom stereocenters. The molecular formula is C9H16ClN. The molecule has 2 aliphatic carbocycles. The van der Waals surface area contributed by atoms with Gasteiger partial charge >= 0.3 is 0 Å². The molecule has 0 heterocycles. The number of halogens is 1. The van der Waals surface area contributed by atoms with Crippen LogP contribution in [0, 0.1) is 11.3 Å².